The maximum Gasteiger partial charge on any atom is 0.433 e. The number of nitrogens with zero attached hydrogens (tertiary/aromatic N) is 5. The summed E-state index contributed by atoms with van der Waals surface area (Å²) < 4.78 is 40.2. The molecule has 0 aliphatic carbocycles. The first-order valence-electron chi connectivity index (χ1n) is 9.79. The zero-order chi connectivity index (χ0) is 19.7. The number of piperidine rings is 1. The SMILES string of the molecule is CC1CCCN1C1CCN(c2cc(C(F)(F)F)nc(-c3cccnc3)n2)CC1. The predicted molar refractivity (Wildman–Crippen MR) is 101 cm³/mol. The first kappa shape index (κ1) is 19.1. The standard InChI is InChI=1S/C20H24F3N5/c1-14-4-3-9-28(14)16-6-10-27(11-7-16)18-12-17(20(21,22)23)25-19(26-18)15-5-2-8-24-13-15/h2,5,8,12-14,16H,3-4,6-7,9-11H2,1H3. The molecule has 4 heterocycles. The van der Waals surface area contributed by atoms with Gasteiger partial charge in [0.05, 0.1) is 0 Å². The number of rotatable bonds is 3. The molecule has 2 fully saturated rings. The van der Waals surface area contributed by atoms with E-state index in [1.165, 1.54) is 19.0 Å². The van der Waals surface area contributed by atoms with Crippen LogP contribution in [0.3, 0.4) is 0 Å². The van der Waals surface area contributed by atoms with Gasteiger partial charge in [0.2, 0.25) is 0 Å². The molecular formula is C20H24F3N5. The first-order valence-corrected chi connectivity index (χ1v) is 9.79. The zero-order valence-corrected chi connectivity index (χ0v) is 15.9. The van der Waals surface area contributed by atoms with Crippen molar-refractivity contribution in [3.8, 4) is 11.4 Å². The minimum Gasteiger partial charge on any atom is -0.356 e. The second kappa shape index (κ2) is 7.66. The van der Waals surface area contributed by atoms with Crippen LogP contribution in [0, 0.1) is 0 Å². The third-order valence-corrected chi connectivity index (χ3v) is 5.78. The highest BCUT2D eigenvalue weighted by Crippen LogP contribution is 2.33. The molecule has 2 aromatic rings. The molecule has 0 spiro atoms. The van der Waals surface area contributed by atoms with E-state index in [2.05, 4.69) is 26.8 Å². The molecule has 0 N–H and O–H groups in total. The molecule has 2 aromatic heterocycles. The monoisotopic (exact) mass is 391 g/mol. The Kier molecular flexibility index (Phi) is 5.23. The van der Waals surface area contributed by atoms with Crippen molar-refractivity contribution >= 4 is 5.82 Å². The first-order chi connectivity index (χ1) is 13.4. The van der Waals surface area contributed by atoms with Gasteiger partial charge in [-0.3, -0.25) is 9.88 Å². The summed E-state index contributed by atoms with van der Waals surface area (Å²) in [5.74, 6) is 0.405. The van der Waals surface area contributed by atoms with Crippen LogP contribution in [0.15, 0.2) is 30.6 Å². The molecule has 1 atom stereocenters. The molecule has 5 nitrogen and oxygen atoms in total. The van der Waals surface area contributed by atoms with Gasteiger partial charge in [-0.05, 0) is 51.3 Å². The third kappa shape index (κ3) is 3.97. The summed E-state index contributed by atoms with van der Waals surface area (Å²) in [6.45, 7) is 4.80. The second-order valence-corrected chi connectivity index (χ2v) is 7.62. The second-order valence-electron chi connectivity index (χ2n) is 7.62. The summed E-state index contributed by atoms with van der Waals surface area (Å²) in [6, 6.07) is 5.52. The van der Waals surface area contributed by atoms with Gasteiger partial charge in [-0.25, -0.2) is 9.97 Å². The quantitative estimate of drug-likeness (QED) is 0.791. The van der Waals surface area contributed by atoms with Gasteiger partial charge < -0.3 is 4.90 Å². The highest BCUT2D eigenvalue weighted by Gasteiger charge is 2.35. The summed E-state index contributed by atoms with van der Waals surface area (Å²) in [5, 5.41) is 0. The van der Waals surface area contributed by atoms with E-state index in [4.69, 9.17) is 0 Å². The van der Waals surface area contributed by atoms with Gasteiger partial charge in [-0.2, -0.15) is 13.2 Å². The Morgan fingerprint density at radius 3 is 2.46 bits per heavy atom. The normalized spacial score (nSPS) is 22.0. The number of likely N-dealkylation sites (tertiary alicyclic amines) is 1. The lowest BCUT2D eigenvalue weighted by Crippen LogP contribution is -2.46. The van der Waals surface area contributed by atoms with E-state index in [1.54, 1.807) is 18.3 Å². The molecule has 0 bridgehead atoms. The molecule has 0 amide bonds. The van der Waals surface area contributed by atoms with E-state index in [0.29, 0.717) is 36.6 Å². The lowest BCUT2D eigenvalue weighted by atomic mass is 10.0. The van der Waals surface area contributed by atoms with Crippen LogP contribution in [0.4, 0.5) is 19.0 Å². The van der Waals surface area contributed by atoms with E-state index in [9.17, 15) is 13.2 Å². The highest BCUT2D eigenvalue weighted by molar-refractivity contribution is 5.57. The average molecular weight is 391 g/mol. The molecular weight excluding hydrogens is 367 g/mol. The predicted octanol–water partition coefficient (Wildman–Crippen LogP) is 4.01. The minimum absolute atomic E-state index is 0.0632. The van der Waals surface area contributed by atoms with Crippen molar-refractivity contribution in [3.63, 3.8) is 0 Å². The molecule has 150 valence electrons. The van der Waals surface area contributed by atoms with Crippen molar-refractivity contribution in [2.24, 2.45) is 0 Å². The number of hydrogen-bond acceptors (Lipinski definition) is 5. The molecule has 0 radical (unpaired) electrons. The van der Waals surface area contributed by atoms with Crippen LogP contribution in [0.25, 0.3) is 11.4 Å². The van der Waals surface area contributed by atoms with Gasteiger partial charge >= 0.3 is 6.18 Å². The number of halogens is 3. The third-order valence-electron chi connectivity index (χ3n) is 5.78. The molecule has 28 heavy (non-hydrogen) atoms. The fourth-order valence-corrected chi connectivity index (χ4v) is 4.29. The smallest absolute Gasteiger partial charge is 0.356 e. The maximum atomic E-state index is 13.4. The van der Waals surface area contributed by atoms with Crippen molar-refractivity contribution in [2.75, 3.05) is 24.5 Å². The average Bonchev–Trinajstić information content (AvgIpc) is 3.14. The number of anilines is 1. The van der Waals surface area contributed by atoms with Crippen LogP contribution in [-0.4, -0.2) is 51.6 Å². The van der Waals surface area contributed by atoms with E-state index in [-0.39, 0.29) is 5.82 Å². The molecule has 0 aromatic carbocycles. The van der Waals surface area contributed by atoms with Crippen molar-refractivity contribution < 1.29 is 13.2 Å². The minimum atomic E-state index is -4.52. The Hall–Kier alpha value is -2.22. The van der Waals surface area contributed by atoms with Crippen LogP contribution in [0.2, 0.25) is 0 Å². The van der Waals surface area contributed by atoms with Gasteiger partial charge in [-0.15, -0.1) is 0 Å². The number of aromatic nitrogens is 3. The molecule has 1 unspecified atom stereocenters. The largest absolute Gasteiger partial charge is 0.433 e. The molecule has 4 rings (SSSR count). The van der Waals surface area contributed by atoms with Gasteiger partial charge in [0.25, 0.3) is 0 Å². The Morgan fingerprint density at radius 2 is 1.86 bits per heavy atom. The van der Waals surface area contributed by atoms with E-state index in [0.717, 1.165) is 25.5 Å². The Bertz CT molecular complexity index is 803. The van der Waals surface area contributed by atoms with Crippen molar-refractivity contribution in [2.45, 2.75) is 50.9 Å². The fraction of sp³-hybridized carbons (Fsp3) is 0.550. The van der Waals surface area contributed by atoms with E-state index < -0.39 is 11.9 Å². The number of pyridine rings is 1. The van der Waals surface area contributed by atoms with Crippen LogP contribution in [-0.2, 0) is 6.18 Å². The highest BCUT2D eigenvalue weighted by atomic mass is 19.4. The summed E-state index contributed by atoms with van der Waals surface area (Å²) in [4.78, 5) is 16.7. The molecule has 2 aliphatic rings. The summed E-state index contributed by atoms with van der Waals surface area (Å²) in [7, 11) is 0. The van der Waals surface area contributed by atoms with Gasteiger partial charge in [-0.1, -0.05) is 0 Å². The van der Waals surface area contributed by atoms with Gasteiger partial charge in [0, 0.05) is 49.2 Å². The topological polar surface area (TPSA) is 45.2 Å². The van der Waals surface area contributed by atoms with Crippen LogP contribution in [0.1, 0.15) is 38.3 Å². The summed E-state index contributed by atoms with van der Waals surface area (Å²) in [5.41, 5.74) is -0.428. The molecule has 2 aliphatic heterocycles. The van der Waals surface area contributed by atoms with Crippen molar-refractivity contribution in [1.29, 1.82) is 0 Å². The Morgan fingerprint density at radius 1 is 1.07 bits per heavy atom. The zero-order valence-electron chi connectivity index (χ0n) is 15.9. The Labute approximate surface area is 162 Å². The Balaban J connectivity index is 1.57. The lowest BCUT2D eigenvalue weighted by molar-refractivity contribution is -0.141. The van der Waals surface area contributed by atoms with E-state index >= 15 is 0 Å². The van der Waals surface area contributed by atoms with Gasteiger partial charge in [0.1, 0.15) is 5.82 Å². The molecule has 8 heteroatoms. The van der Waals surface area contributed by atoms with Crippen LogP contribution < -0.4 is 4.90 Å². The van der Waals surface area contributed by atoms with Crippen LogP contribution in [0.5, 0.6) is 0 Å². The molecule has 0 saturated carbocycles. The number of hydrogen-bond donors (Lipinski definition) is 0. The fourth-order valence-electron chi connectivity index (χ4n) is 4.29. The van der Waals surface area contributed by atoms with Crippen LogP contribution >= 0.6 is 0 Å². The molecule has 2 saturated heterocycles. The van der Waals surface area contributed by atoms with E-state index in [1.807, 2.05) is 4.90 Å². The number of alkyl halides is 3. The summed E-state index contributed by atoms with van der Waals surface area (Å²) in [6.07, 6.45) is 2.89. The van der Waals surface area contributed by atoms with Crippen molar-refractivity contribution in [1.82, 2.24) is 19.9 Å². The van der Waals surface area contributed by atoms with Gasteiger partial charge in [0.15, 0.2) is 11.5 Å². The maximum absolute atomic E-state index is 13.4. The summed E-state index contributed by atoms with van der Waals surface area (Å²) >= 11 is 0. The lowest BCUT2D eigenvalue weighted by Gasteiger charge is -2.39. The van der Waals surface area contributed by atoms with Crippen molar-refractivity contribution in [3.05, 3.63) is 36.3 Å².